The van der Waals surface area contributed by atoms with Gasteiger partial charge in [0, 0.05) is 6.07 Å². The predicted molar refractivity (Wildman–Crippen MR) is 51.0 cm³/mol. The van der Waals surface area contributed by atoms with E-state index >= 15 is 0 Å². The van der Waals surface area contributed by atoms with Gasteiger partial charge in [0.25, 0.3) is 0 Å². The summed E-state index contributed by atoms with van der Waals surface area (Å²) in [6, 6.07) is 3.63. The van der Waals surface area contributed by atoms with Gasteiger partial charge in [-0.05, 0) is 17.7 Å². The summed E-state index contributed by atoms with van der Waals surface area (Å²) in [7, 11) is 1.37. The van der Waals surface area contributed by atoms with Gasteiger partial charge in [0.05, 0.1) is 13.7 Å². The van der Waals surface area contributed by atoms with Crippen molar-refractivity contribution >= 4 is 0 Å². The zero-order chi connectivity index (χ0) is 11.4. The Hall–Kier alpha value is -1.17. The van der Waals surface area contributed by atoms with Crippen LogP contribution in [0.4, 0.5) is 4.39 Å². The lowest BCUT2D eigenvalue weighted by Gasteiger charge is -2.16. The summed E-state index contributed by atoms with van der Waals surface area (Å²) in [5.74, 6) is -0.331. The second-order valence-corrected chi connectivity index (χ2v) is 3.12. The molecule has 15 heavy (non-hydrogen) atoms. The zero-order valence-corrected chi connectivity index (χ0v) is 8.22. The lowest BCUT2D eigenvalue weighted by Crippen LogP contribution is -2.22. The number of benzene rings is 1. The van der Waals surface area contributed by atoms with E-state index < -0.39 is 24.6 Å². The van der Waals surface area contributed by atoms with E-state index in [1.807, 2.05) is 0 Å². The number of rotatable bonds is 4. The van der Waals surface area contributed by atoms with Crippen molar-refractivity contribution in [1.82, 2.24) is 0 Å². The summed E-state index contributed by atoms with van der Waals surface area (Å²) in [5.41, 5.74) is 0.161. The Bertz CT molecular complexity index is 329. The molecule has 5 heteroatoms. The fourth-order valence-electron chi connectivity index (χ4n) is 1.19. The minimum Gasteiger partial charge on any atom is -0.497 e. The van der Waals surface area contributed by atoms with E-state index in [4.69, 9.17) is 9.84 Å². The van der Waals surface area contributed by atoms with Crippen LogP contribution in [0.25, 0.3) is 0 Å². The summed E-state index contributed by atoms with van der Waals surface area (Å²) in [6.45, 7) is -0.597. The molecule has 0 fully saturated rings. The molecule has 1 rings (SSSR count). The third-order valence-electron chi connectivity index (χ3n) is 2.02. The van der Waals surface area contributed by atoms with Crippen LogP contribution in [0, 0.1) is 5.82 Å². The number of halogens is 1. The molecule has 2 unspecified atom stereocenters. The van der Waals surface area contributed by atoms with Crippen LogP contribution in [0.3, 0.4) is 0 Å². The number of aliphatic hydroxyl groups is 3. The molecule has 1 aromatic rings. The van der Waals surface area contributed by atoms with E-state index in [1.54, 1.807) is 0 Å². The van der Waals surface area contributed by atoms with Gasteiger partial charge < -0.3 is 20.1 Å². The first-order valence-electron chi connectivity index (χ1n) is 4.40. The molecule has 0 spiro atoms. The van der Waals surface area contributed by atoms with Crippen molar-refractivity contribution in [3.63, 3.8) is 0 Å². The molecular formula is C10H13FO4. The lowest BCUT2D eigenvalue weighted by molar-refractivity contribution is -0.0154. The maximum Gasteiger partial charge on any atom is 0.127 e. The fourth-order valence-corrected chi connectivity index (χ4v) is 1.19. The minimum atomic E-state index is -1.34. The number of hydrogen-bond acceptors (Lipinski definition) is 4. The highest BCUT2D eigenvalue weighted by atomic mass is 19.1. The topological polar surface area (TPSA) is 69.9 Å². The summed E-state index contributed by atoms with van der Waals surface area (Å²) < 4.78 is 17.8. The maximum atomic E-state index is 13.0. The highest BCUT2D eigenvalue weighted by molar-refractivity contribution is 5.31. The first kappa shape index (κ1) is 11.9. The molecule has 0 amide bonds. The molecule has 0 aliphatic carbocycles. The smallest absolute Gasteiger partial charge is 0.127 e. The lowest BCUT2D eigenvalue weighted by atomic mass is 10.0. The van der Waals surface area contributed by atoms with Gasteiger partial charge in [-0.2, -0.15) is 0 Å². The second kappa shape index (κ2) is 5.06. The van der Waals surface area contributed by atoms with Crippen LogP contribution < -0.4 is 4.74 Å². The molecule has 0 heterocycles. The van der Waals surface area contributed by atoms with Crippen molar-refractivity contribution < 1.29 is 24.4 Å². The third kappa shape index (κ3) is 2.89. The number of aliphatic hydroxyl groups excluding tert-OH is 3. The quantitative estimate of drug-likeness (QED) is 0.673. The van der Waals surface area contributed by atoms with Crippen molar-refractivity contribution in [2.75, 3.05) is 13.7 Å². The Labute approximate surface area is 86.6 Å². The Morgan fingerprint density at radius 2 is 2.00 bits per heavy atom. The predicted octanol–water partition coefficient (Wildman–Crippen LogP) is 0.221. The van der Waals surface area contributed by atoms with Crippen molar-refractivity contribution in [2.24, 2.45) is 0 Å². The van der Waals surface area contributed by atoms with Gasteiger partial charge in [-0.15, -0.1) is 0 Å². The van der Waals surface area contributed by atoms with Gasteiger partial charge in [0.15, 0.2) is 0 Å². The molecule has 0 saturated heterocycles. The van der Waals surface area contributed by atoms with E-state index in [9.17, 15) is 14.6 Å². The fraction of sp³-hybridized carbons (Fsp3) is 0.400. The molecule has 0 saturated carbocycles. The molecule has 0 aliphatic heterocycles. The molecule has 0 radical (unpaired) electrons. The third-order valence-corrected chi connectivity index (χ3v) is 2.02. The highest BCUT2D eigenvalue weighted by Gasteiger charge is 2.18. The first-order valence-corrected chi connectivity index (χ1v) is 4.40. The van der Waals surface area contributed by atoms with Crippen LogP contribution in [-0.2, 0) is 0 Å². The van der Waals surface area contributed by atoms with E-state index in [2.05, 4.69) is 0 Å². The molecule has 1 aromatic carbocycles. The Kier molecular flexibility index (Phi) is 4.02. The van der Waals surface area contributed by atoms with E-state index in [0.717, 1.165) is 12.1 Å². The van der Waals surface area contributed by atoms with Gasteiger partial charge in [-0.25, -0.2) is 4.39 Å². The molecule has 0 aromatic heterocycles. The Morgan fingerprint density at radius 1 is 1.33 bits per heavy atom. The number of ether oxygens (including phenoxy) is 1. The maximum absolute atomic E-state index is 13.0. The van der Waals surface area contributed by atoms with E-state index in [1.165, 1.54) is 13.2 Å². The second-order valence-electron chi connectivity index (χ2n) is 3.12. The van der Waals surface area contributed by atoms with E-state index in [0.29, 0.717) is 0 Å². The number of hydrogen-bond donors (Lipinski definition) is 3. The van der Waals surface area contributed by atoms with Crippen LogP contribution in [-0.4, -0.2) is 35.1 Å². The molecule has 0 bridgehead atoms. The minimum absolute atomic E-state index is 0.161. The van der Waals surface area contributed by atoms with Crippen molar-refractivity contribution in [3.8, 4) is 5.75 Å². The number of methoxy groups -OCH3 is 1. The highest BCUT2D eigenvalue weighted by Crippen LogP contribution is 2.23. The van der Waals surface area contributed by atoms with Crippen LogP contribution in [0.5, 0.6) is 5.75 Å². The van der Waals surface area contributed by atoms with E-state index in [-0.39, 0.29) is 11.3 Å². The summed E-state index contributed by atoms with van der Waals surface area (Å²) in [4.78, 5) is 0. The van der Waals surface area contributed by atoms with Crippen LogP contribution in [0.15, 0.2) is 18.2 Å². The Balaban J connectivity index is 2.97. The standard InChI is InChI=1S/C10H13FO4/c1-15-8-3-6(2-7(11)4-8)10(14)9(13)5-12/h2-4,9-10,12-14H,5H2,1H3. The van der Waals surface area contributed by atoms with Gasteiger partial charge >= 0.3 is 0 Å². The average molecular weight is 216 g/mol. The van der Waals surface area contributed by atoms with Gasteiger partial charge in [0.1, 0.15) is 23.8 Å². The summed E-state index contributed by atoms with van der Waals surface area (Å²) >= 11 is 0. The van der Waals surface area contributed by atoms with Crippen LogP contribution in [0.1, 0.15) is 11.7 Å². The molecule has 3 N–H and O–H groups in total. The van der Waals surface area contributed by atoms with Gasteiger partial charge in [0.2, 0.25) is 0 Å². The largest absolute Gasteiger partial charge is 0.497 e. The van der Waals surface area contributed by atoms with Crippen molar-refractivity contribution in [2.45, 2.75) is 12.2 Å². The monoisotopic (exact) mass is 216 g/mol. The SMILES string of the molecule is COc1cc(F)cc(C(O)C(O)CO)c1. The summed E-state index contributed by atoms with van der Waals surface area (Å²) in [5, 5.41) is 27.3. The first-order chi connectivity index (χ1) is 7.08. The van der Waals surface area contributed by atoms with Crippen molar-refractivity contribution in [1.29, 1.82) is 0 Å². The van der Waals surface area contributed by atoms with Crippen molar-refractivity contribution in [3.05, 3.63) is 29.6 Å². The molecule has 0 aliphatic rings. The molecular weight excluding hydrogens is 203 g/mol. The normalized spacial score (nSPS) is 14.7. The van der Waals surface area contributed by atoms with Crippen LogP contribution >= 0.6 is 0 Å². The summed E-state index contributed by atoms with van der Waals surface area (Å²) in [6.07, 6.45) is -2.67. The molecule has 4 nitrogen and oxygen atoms in total. The molecule has 2 atom stereocenters. The van der Waals surface area contributed by atoms with Gasteiger partial charge in [-0.3, -0.25) is 0 Å². The van der Waals surface area contributed by atoms with Gasteiger partial charge in [-0.1, -0.05) is 0 Å². The Morgan fingerprint density at radius 3 is 2.53 bits per heavy atom. The average Bonchev–Trinajstić information content (AvgIpc) is 2.26. The van der Waals surface area contributed by atoms with Crippen LogP contribution in [0.2, 0.25) is 0 Å². The molecule has 84 valence electrons. The zero-order valence-electron chi connectivity index (χ0n) is 8.22.